The Morgan fingerprint density at radius 3 is 2.62 bits per heavy atom. The molecule has 2 aliphatic rings. The van der Waals surface area contributed by atoms with E-state index in [2.05, 4.69) is 0 Å². The fourth-order valence-corrected chi connectivity index (χ4v) is 2.84. The van der Waals surface area contributed by atoms with E-state index in [0.717, 1.165) is 17.0 Å². The Hall–Kier alpha value is -2.53. The van der Waals surface area contributed by atoms with Gasteiger partial charge in [0.1, 0.15) is 6.04 Å². The van der Waals surface area contributed by atoms with Crippen LogP contribution in [0.15, 0.2) is 48.5 Å². The van der Waals surface area contributed by atoms with E-state index in [1.54, 1.807) is 4.90 Å². The largest absolute Gasteiger partial charge is 0.454 e. The van der Waals surface area contributed by atoms with Gasteiger partial charge in [0.15, 0.2) is 11.5 Å². The molecule has 106 valence electrons. The van der Waals surface area contributed by atoms with Gasteiger partial charge in [0, 0.05) is 5.69 Å². The number of hydrogen-bond donors (Lipinski definition) is 1. The highest BCUT2D eigenvalue weighted by Crippen LogP contribution is 2.41. The summed E-state index contributed by atoms with van der Waals surface area (Å²) in [6, 6.07) is 14.5. The van der Waals surface area contributed by atoms with Crippen molar-refractivity contribution in [3.8, 4) is 11.5 Å². The second-order valence-corrected chi connectivity index (χ2v) is 5.13. The molecule has 2 N–H and O–H groups in total. The van der Waals surface area contributed by atoms with Crippen LogP contribution in [0.5, 0.6) is 11.5 Å². The smallest absolute Gasteiger partial charge is 0.247 e. The average Bonchev–Trinajstić information content (AvgIpc) is 2.99. The molecule has 0 radical (unpaired) electrons. The molecular formula is C16H14N2O3. The van der Waals surface area contributed by atoms with Gasteiger partial charge in [-0.25, -0.2) is 0 Å². The van der Waals surface area contributed by atoms with Crippen molar-refractivity contribution in [2.45, 2.75) is 12.1 Å². The first-order chi connectivity index (χ1) is 10.3. The molecule has 2 aromatic carbocycles. The molecule has 2 aromatic rings. The third kappa shape index (κ3) is 1.78. The second-order valence-electron chi connectivity index (χ2n) is 5.13. The number of hydrogen-bond acceptors (Lipinski definition) is 4. The predicted octanol–water partition coefficient (Wildman–Crippen LogP) is 1.83. The molecule has 5 nitrogen and oxygen atoms in total. The zero-order valence-corrected chi connectivity index (χ0v) is 11.2. The topological polar surface area (TPSA) is 64.8 Å². The molecule has 0 aromatic heterocycles. The van der Waals surface area contributed by atoms with Crippen LogP contribution in [0.3, 0.4) is 0 Å². The Morgan fingerprint density at radius 2 is 1.81 bits per heavy atom. The van der Waals surface area contributed by atoms with E-state index in [4.69, 9.17) is 15.2 Å². The van der Waals surface area contributed by atoms with E-state index >= 15 is 0 Å². The molecule has 0 saturated carbocycles. The fourth-order valence-electron chi connectivity index (χ4n) is 2.84. The highest BCUT2D eigenvalue weighted by atomic mass is 16.7. The van der Waals surface area contributed by atoms with Crippen LogP contribution in [0.1, 0.15) is 11.6 Å². The lowest BCUT2D eigenvalue weighted by Crippen LogP contribution is -2.63. The summed E-state index contributed by atoms with van der Waals surface area (Å²) < 4.78 is 10.7. The van der Waals surface area contributed by atoms with E-state index < -0.39 is 6.04 Å². The number of carbonyl (C=O) groups excluding carboxylic acids is 1. The van der Waals surface area contributed by atoms with Crippen molar-refractivity contribution in [3.05, 3.63) is 54.1 Å². The molecule has 0 unspecified atom stereocenters. The summed E-state index contributed by atoms with van der Waals surface area (Å²) >= 11 is 0. The summed E-state index contributed by atoms with van der Waals surface area (Å²) in [6.07, 6.45) is 0. The number of nitrogens with two attached hydrogens (primary N) is 1. The molecule has 5 heteroatoms. The standard InChI is InChI=1S/C16H14N2O3/c17-14-15(10-6-7-12-13(8-10)21-9-20-12)18(16(14)19)11-4-2-1-3-5-11/h1-8,14-15H,9,17H2/t14-,15-/m1/s1. The molecular weight excluding hydrogens is 268 g/mol. The lowest BCUT2D eigenvalue weighted by molar-refractivity contribution is -0.126. The molecule has 1 saturated heterocycles. The SMILES string of the molecule is N[C@H]1C(=O)N(c2ccccc2)[C@@H]1c1ccc2c(c1)OCO2. The van der Waals surface area contributed by atoms with Gasteiger partial charge in [-0.1, -0.05) is 24.3 Å². The Kier molecular flexibility index (Phi) is 2.62. The number of carbonyl (C=O) groups is 1. The van der Waals surface area contributed by atoms with Crippen molar-refractivity contribution in [2.75, 3.05) is 11.7 Å². The Labute approximate surface area is 121 Å². The minimum atomic E-state index is -0.523. The van der Waals surface area contributed by atoms with Gasteiger partial charge in [-0.15, -0.1) is 0 Å². The van der Waals surface area contributed by atoms with Crippen LogP contribution in [-0.4, -0.2) is 18.7 Å². The maximum Gasteiger partial charge on any atom is 0.247 e. The monoisotopic (exact) mass is 282 g/mol. The number of benzene rings is 2. The van der Waals surface area contributed by atoms with Crippen molar-refractivity contribution in [3.63, 3.8) is 0 Å². The Morgan fingerprint density at radius 1 is 1.05 bits per heavy atom. The fraction of sp³-hybridized carbons (Fsp3) is 0.188. The highest BCUT2D eigenvalue weighted by Gasteiger charge is 2.46. The minimum absolute atomic E-state index is 0.0659. The summed E-state index contributed by atoms with van der Waals surface area (Å²) in [5.74, 6) is 1.36. The van der Waals surface area contributed by atoms with Gasteiger partial charge in [-0.2, -0.15) is 0 Å². The van der Waals surface area contributed by atoms with Crippen LogP contribution in [-0.2, 0) is 4.79 Å². The lowest BCUT2D eigenvalue weighted by atomic mass is 9.88. The van der Waals surface area contributed by atoms with Crippen LogP contribution in [0, 0.1) is 0 Å². The molecule has 0 bridgehead atoms. The van der Waals surface area contributed by atoms with Crippen LogP contribution in [0.4, 0.5) is 5.69 Å². The second kappa shape index (κ2) is 4.49. The first-order valence-electron chi connectivity index (χ1n) is 6.79. The highest BCUT2D eigenvalue weighted by molar-refractivity contribution is 6.05. The normalized spacial score (nSPS) is 23.1. The zero-order chi connectivity index (χ0) is 14.4. The molecule has 0 spiro atoms. The average molecular weight is 282 g/mol. The number of anilines is 1. The maximum absolute atomic E-state index is 12.1. The van der Waals surface area contributed by atoms with Crippen LogP contribution < -0.4 is 20.1 Å². The van der Waals surface area contributed by atoms with E-state index in [1.165, 1.54) is 0 Å². The van der Waals surface area contributed by atoms with Crippen molar-refractivity contribution >= 4 is 11.6 Å². The van der Waals surface area contributed by atoms with E-state index in [-0.39, 0.29) is 18.7 Å². The van der Waals surface area contributed by atoms with Gasteiger partial charge in [0.25, 0.3) is 0 Å². The van der Waals surface area contributed by atoms with Crippen molar-refractivity contribution in [1.82, 2.24) is 0 Å². The van der Waals surface area contributed by atoms with E-state index in [0.29, 0.717) is 5.75 Å². The number of nitrogens with zero attached hydrogens (tertiary/aromatic N) is 1. The number of rotatable bonds is 2. The third-order valence-electron chi connectivity index (χ3n) is 3.91. The Bertz CT molecular complexity index is 702. The first kappa shape index (κ1) is 12.2. The summed E-state index contributed by atoms with van der Waals surface area (Å²) in [7, 11) is 0. The van der Waals surface area contributed by atoms with Gasteiger partial charge < -0.3 is 20.1 Å². The van der Waals surface area contributed by atoms with Crippen LogP contribution in [0.25, 0.3) is 0 Å². The molecule has 1 amide bonds. The minimum Gasteiger partial charge on any atom is -0.454 e. The molecule has 2 heterocycles. The van der Waals surface area contributed by atoms with E-state index in [9.17, 15) is 4.79 Å². The van der Waals surface area contributed by atoms with Crippen LogP contribution >= 0.6 is 0 Å². The van der Waals surface area contributed by atoms with Crippen molar-refractivity contribution < 1.29 is 14.3 Å². The summed E-state index contributed by atoms with van der Waals surface area (Å²) in [4.78, 5) is 13.8. The maximum atomic E-state index is 12.1. The van der Waals surface area contributed by atoms with Gasteiger partial charge >= 0.3 is 0 Å². The molecule has 2 aliphatic heterocycles. The predicted molar refractivity (Wildman–Crippen MR) is 77.2 cm³/mol. The molecule has 0 aliphatic carbocycles. The van der Waals surface area contributed by atoms with Gasteiger partial charge in [-0.3, -0.25) is 4.79 Å². The molecule has 2 atom stereocenters. The molecule has 21 heavy (non-hydrogen) atoms. The van der Waals surface area contributed by atoms with Gasteiger partial charge in [0.2, 0.25) is 12.7 Å². The van der Waals surface area contributed by atoms with Crippen molar-refractivity contribution in [1.29, 1.82) is 0 Å². The summed E-state index contributed by atoms with van der Waals surface area (Å²) in [6.45, 7) is 0.233. The Balaban J connectivity index is 1.71. The number of fused-ring (bicyclic) bond motifs is 1. The van der Waals surface area contributed by atoms with Gasteiger partial charge in [0.05, 0.1) is 6.04 Å². The summed E-state index contributed by atoms with van der Waals surface area (Å²) in [5.41, 5.74) is 7.82. The molecule has 1 fully saturated rings. The van der Waals surface area contributed by atoms with Gasteiger partial charge in [-0.05, 0) is 29.8 Å². The first-order valence-corrected chi connectivity index (χ1v) is 6.79. The number of para-hydroxylation sites is 1. The summed E-state index contributed by atoms with van der Waals surface area (Å²) in [5, 5.41) is 0. The van der Waals surface area contributed by atoms with E-state index in [1.807, 2.05) is 48.5 Å². The quantitative estimate of drug-likeness (QED) is 0.853. The molecule has 4 rings (SSSR count). The van der Waals surface area contributed by atoms with Crippen LogP contribution in [0.2, 0.25) is 0 Å². The number of amides is 1. The lowest BCUT2D eigenvalue weighted by Gasteiger charge is -2.45. The number of ether oxygens (including phenoxy) is 2. The van der Waals surface area contributed by atoms with Crippen molar-refractivity contribution in [2.24, 2.45) is 5.73 Å². The third-order valence-corrected chi connectivity index (χ3v) is 3.91. The number of β-lactam (4-membered cyclic amide) rings is 1. The zero-order valence-electron chi connectivity index (χ0n) is 11.2.